The minimum Gasteiger partial charge on any atom is -0.491 e. The Morgan fingerprint density at radius 2 is 2.08 bits per heavy atom. The summed E-state index contributed by atoms with van der Waals surface area (Å²) in [6, 6.07) is 9.45. The van der Waals surface area contributed by atoms with Gasteiger partial charge < -0.3 is 20.5 Å². The fourth-order valence-electron chi connectivity index (χ4n) is 2.77. The SMILES string of the molecule is C[C@](O)(CNC(=O)N[C@@H]1COc2ccccc21)c1ccc(F)cc1F. The Labute approximate surface area is 143 Å². The number of nitrogens with one attached hydrogen (secondary N) is 2. The van der Waals surface area contributed by atoms with Crippen molar-refractivity contribution >= 4 is 6.03 Å². The van der Waals surface area contributed by atoms with Crippen LogP contribution in [0, 0.1) is 11.6 Å². The fraction of sp³-hybridized carbons (Fsp3) is 0.278. The summed E-state index contributed by atoms with van der Waals surface area (Å²) in [5.41, 5.74) is -0.906. The second-order valence-corrected chi connectivity index (χ2v) is 6.13. The molecule has 0 saturated carbocycles. The summed E-state index contributed by atoms with van der Waals surface area (Å²) in [7, 11) is 0. The van der Waals surface area contributed by atoms with Crippen molar-refractivity contribution in [3.05, 3.63) is 65.2 Å². The molecule has 0 unspecified atom stereocenters. The van der Waals surface area contributed by atoms with Gasteiger partial charge in [-0.05, 0) is 19.1 Å². The van der Waals surface area contributed by atoms with E-state index in [1.807, 2.05) is 24.3 Å². The highest BCUT2D eigenvalue weighted by molar-refractivity contribution is 5.75. The summed E-state index contributed by atoms with van der Waals surface area (Å²) in [4.78, 5) is 12.1. The summed E-state index contributed by atoms with van der Waals surface area (Å²) < 4.78 is 32.3. The van der Waals surface area contributed by atoms with Crippen LogP contribution in [0.5, 0.6) is 5.75 Å². The van der Waals surface area contributed by atoms with Gasteiger partial charge in [0, 0.05) is 17.2 Å². The first-order valence-corrected chi connectivity index (χ1v) is 7.81. The number of para-hydroxylation sites is 1. The predicted octanol–water partition coefficient (Wildman–Crippen LogP) is 2.61. The molecule has 1 aliphatic heterocycles. The molecular formula is C18H18F2N2O3. The van der Waals surface area contributed by atoms with E-state index in [2.05, 4.69) is 10.6 Å². The van der Waals surface area contributed by atoms with Crippen LogP contribution in [-0.2, 0) is 5.60 Å². The summed E-state index contributed by atoms with van der Waals surface area (Å²) >= 11 is 0. The molecule has 0 saturated heterocycles. The molecule has 2 amide bonds. The molecule has 0 aliphatic carbocycles. The highest BCUT2D eigenvalue weighted by atomic mass is 19.1. The van der Waals surface area contributed by atoms with Crippen LogP contribution in [0.4, 0.5) is 13.6 Å². The molecule has 5 nitrogen and oxygen atoms in total. The maximum absolute atomic E-state index is 13.8. The van der Waals surface area contributed by atoms with Crippen molar-refractivity contribution in [1.82, 2.24) is 10.6 Å². The van der Waals surface area contributed by atoms with Crippen LogP contribution < -0.4 is 15.4 Å². The number of ether oxygens (including phenoxy) is 1. The number of benzene rings is 2. The van der Waals surface area contributed by atoms with Crippen molar-refractivity contribution in [3.8, 4) is 5.75 Å². The Kier molecular flexibility index (Phi) is 4.59. The summed E-state index contributed by atoms with van der Waals surface area (Å²) in [5, 5.41) is 15.6. The van der Waals surface area contributed by atoms with E-state index in [0.29, 0.717) is 18.4 Å². The maximum Gasteiger partial charge on any atom is 0.315 e. The maximum atomic E-state index is 13.8. The monoisotopic (exact) mass is 348 g/mol. The van der Waals surface area contributed by atoms with E-state index in [4.69, 9.17) is 4.74 Å². The van der Waals surface area contributed by atoms with E-state index in [9.17, 15) is 18.7 Å². The summed E-state index contributed by atoms with van der Waals surface area (Å²) in [6.45, 7) is 1.42. The van der Waals surface area contributed by atoms with Crippen molar-refractivity contribution in [2.75, 3.05) is 13.2 Å². The molecule has 132 valence electrons. The van der Waals surface area contributed by atoms with E-state index in [-0.39, 0.29) is 18.2 Å². The van der Waals surface area contributed by atoms with Crippen molar-refractivity contribution in [2.24, 2.45) is 0 Å². The zero-order valence-corrected chi connectivity index (χ0v) is 13.6. The van der Waals surface area contributed by atoms with Gasteiger partial charge in [-0.2, -0.15) is 0 Å². The zero-order valence-electron chi connectivity index (χ0n) is 13.6. The van der Waals surface area contributed by atoms with Gasteiger partial charge >= 0.3 is 6.03 Å². The van der Waals surface area contributed by atoms with Crippen LogP contribution in [0.1, 0.15) is 24.1 Å². The van der Waals surface area contributed by atoms with Crippen LogP contribution >= 0.6 is 0 Å². The van der Waals surface area contributed by atoms with E-state index < -0.39 is 23.3 Å². The number of urea groups is 1. The Morgan fingerprint density at radius 1 is 1.32 bits per heavy atom. The minimum absolute atomic E-state index is 0.0938. The van der Waals surface area contributed by atoms with Crippen molar-refractivity contribution in [1.29, 1.82) is 0 Å². The van der Waals surface area contributed by atoms with Gasteiger partial charge in [0.2, 0.25) is 0 Å². The standard InChI is InChI=1S/C18H18F2N2O3/c1-18(24,13-7-6-11(19)8-14(13)20)10-21-17(23)22-15-9-25-16-5-3-2-4-12(15)16/h2-8,15,24H,9-10H2,1H3,(H2,21,22,23)/t15-,18+/m1/s1. The zero-order chi connectivity index (χ0) is 18.0. The first kappa shape index (κ1) is 17.2. The molecular weight excluding hydrogens is 330 g/mol. The van der Waals surface area contributed by atoms with Crippen LogP contribution in [0.3, 0.4) is 0 Å². The molecule has 2 aromatic rings. The molecule has 0 aromatic heterocycles. The third-order valence-electron chi connectivity index (χ3n) is 4.11. The third kappa shape index (κ3) is 3.71. The molecule has 0 radical (unpaired) electrons. The average Bonchev–Trinajstić information content (AvgIpc) is 2.96. The lowest BCUT2D eigenvalue weighted by atomic mass is 9.95. The highest BCUT2D eigenvalue weighted by Crippen LogP contribution is 2.31. The van der Waals surface area contributed by atoms with Gasteiger partial charge in [0.15, 0.2) is 0 Å². The first-order chi connectivity index (χ1) is 11.9. The first-order valence-electron chi connectivity index (χ1n) is 7.81. The number of hydrogen-bond acceptors (Lipinski definition) is 3. The normalized spacial score (nSPS) is 18.0. The molecule has 1 aliphatic rings. The smallest absolute Gasteiger partial charge is 0.315 e. The van der Waals surface area contributed by atoms with Crippen molar-refractivity contribution in [2.45, 2.75) is 18.6 Å². The Hall–Kier alpha value is -2.67. The summed E-state index contributed by atoms with van der Waals surface area (Å²) in [6.07, 6.45) is 0. The molecule has 25 heavy (non-hydrogen) atoms. The Morgan fingerprint density at radius 3 is 2.84 bits per heavy atom. The molecule has 0 fully saturated rings. The number of hydrogen-bond donors (Lipinski definition) is 3. The molecule has 1 heterocycles. The number of rotatable bonds is 4. The van der Waals surface area contributed by atoms with Gasteiger partial charge in [0.05, 0.1) is 12.6 Å². The Bertz CT molecular complexity index is 796. The summed E-state index contributed by atoms with van der Waals surface area (Å²) in [5.74, 6) is -0.888. The van der Waals surface area contributed by atoms with Gasteiger partial charge in [-0.25, -0.2) is 13.6 Å². The fourth-order valence-corrected chi connectivity index (χ4v) is 2.77. The second-order valence-electron chi connectivity index (χ2n) is 6.13. The van der Waals surface area contributed by atoms with Gasteiger partial charge in [-0.3, -0.25) is 0 Å². The van der Waals surface area contributed by atoms with Crippen molar-refractivity contribution in [3.63, 3.8) is 0 Å². The Balaban J connectivity index is 1.60. The number of halogens is 2. The van der Waals surface area contributed by atoms with Crippen LogP contribution in [-0.4, -0.2) is 24.3 Å². The van der Waals surface area contributed by atoms with Gasteiger partial charge in [0.1, 0.15) is 29.6 Å². The molecule has 3 rings (SSSR count). The molecule has 3 N–H and O–H groups in total. The topological polar surface area (TPSA) is 70.6 Å². The number of fused-ring (bicyclic) bond motifs is 1. The van der Waals surface area contributed by atoms with Crippen LogP contribution in [0.15, 0.2) is 42.5 Å². The number of carbonyl (C=O) groups is 1. The van der Waals surface area contributed by atoms with Crippen LogP contribution in [0.2, 0.25) is 0 Å². The molecule has 2 atom stereocenters. The number of carbonyl (C=O) groups excluding carboxylic acids is 1. The second kappa shape index (κ2) is 6.68. The van der Waals surface area contributed by atoms with Gasteiger partial charge in [0.25, 0.3) is 0 Å². The predicted molar refractivity (Wildman–Crippen MR) is 87.1 cm³/mol. The molecule has 2 aromatic carbocycles. The minimum atomic E-state index is -1.68. The number of amides is 2. The molecule has 0 spiro atoms. The van der Waals surface area contributed by atoms with E-state index >= 15 is 0 Å². The van der Waals surface area contributed by atoms with Gasteiger partial charge in [-0.15, -0.1) is 0 Å². The van der Waals surface area contributed by atoms with E-state index in [1.54, 1.807) is 0 Å². The van der Waals surface area contributed by atoms with E-state index in [1.165, 1.54) is 6.92 Å². The van der Waals surface area contributed by atoms with Gasteiger partial charge in [-0.1, -0.05) is 24.3 Å². The third-order valence-corrected chi connectivity index (χ3v) is 4.11. The quantitative estimate of drug-likeness (QED) is 0.795. The average molecular weight is 348 g/mol. The van der Waals surface area contributed by atoms with E-state index in [0.717, 1.165) is 17.7 Å². The lowest BCUT2D eigenvalue weighted by molar-refractivity contribution is 0.0554. The van der Waals surface area contributed by atoms with Crippen molar-refractivity contribution < 1.29 is 23.4 Å². The highest BCUT2D eigenvalue weighted by Gasteiger charge is 2.29. The lowest BCUT2D eigenvalue weighted by Gasteiger charge is -2.25. The number of aliphatic hydroxyl groups is 1. The molecule has 7 heteroatoms. The van der Waals surface area contributed by atoms with Crippen LogP contribution in [0.25, 0.3) is 0 Å². The lowest BCUT2D eigenvalue weighted by Crippen LogP contribution is -2.45. The largest absolute Gasteiger partial charge is 0.491 e. The molecule has 0 bridgehead atoms.